The minimum atomic E-state index is -0.0506. The maximum Gasteiger partial charge on any atom is 0.253 e. The van der Waals surface area contributed by atoms with Gasteiger partial charge in [0.2, 0.25) is 5.91 Å². The fourth-order valence-corrected chi connectivity index (χ4v) is 4.88. The molecule has 2 amide bonds. The second-order valence-electron chi connectivity index (χ2n) is 8.71. The first-order valence-electron chi connectivity index (χ1n) is 11.4. The average molecular weight is 424 g/mol. The van der Waals surface area contributed by atoms with Crippen molar-refractivity contribution in [3.8, 4) is 5.82 Å². The first kappa shape index (κ1) is 21.6. The minimum absolute atomic E-state index is 0.0506. The lowest BCUT2D eigenvalue weighted by Crippen LogP contribution is -2.51. The van der Waals surface area contributed by atoms with E-state index in [4.69, 9.17) is 0 Å². The van der Waals surface area contributed by atoms with E-state index < -0.39 is 0 Å². The van der Waals surface area contributed by atoms with Gasteiger partial charge in [0.15, 0.2) is 0 Å². The first-order valence-corrected chi connectivity index (χ1v) is 11.4. The van der Waals surface area contributed by atoms with Crippen molar-refractivity contribution >= 4 is 11.8 Å². The van der Waals surface area contributed by atoms with Gasteiger partial charge in [-0.3, -0.25) is 14.5 Å². The largest absolute Gasteiger partial charge is 0.351 e. The molecule has 3 heterocycles. The number of hydrogen-bond acceptors (Lipinski definition) is 4. The normalized spacial score (nSPS) is 17.8. The Labute approximate surface area is 184 Å². The molecule has 4 rings (SSSR count). The highest BCUT2D eigenvalue weighted by Gasteiger charge is 2.29. The number of nitrogens with zero attached hydrogens (tertiary/aromatic N) is 4. The molecule has 2 aliphatic rings. The fourth-order valence-electron chi connectivity index (χ4n) is 4.88. The van der Waals surface area contributed by atoms with E-state index in [0.29, 0.717) is 18.0 Å². The predicted octanol–water partition coefficient (Wildman–Crippen LogP) is 2.55. The van der Waals surface area contributed by atoms with E-state index >= 15 is 0 Å². The van der Waals surface area contributed by atoms with Crippen LogP contribution in [0.5, 0.6) is 0 Å². The SMILES string of the molecule is Cc1cc(C(=O)NCCN2CCN(C(=O)C3CCCC3)CC2)c(C)n1-c1ccccn1. The number of nitrogens with one attached hydrogen (secondary N) is 1. The van der Waals surface area contributed by atoms with Gasteiger partial charge in [0.1, 0.15) is 5.82 Å². The molecule has 0 bridgehead atoms. The molecular weight excluding hydrogens is 390 g/mol. The van der Waals surface area contributed by atoms with Crippen molar-refractivity contribution in [3.05, 3.63) is 47.4 Å². The highest BCUT2D eigenvalue weighted by molar-refractivity contribution is 5.95. The monoisotopic (exact) mass is 423 g/mol. The van der Waals surface area contributed by atoms with E-state index in [1.165, 1.54) is 12.8 Å². The van der Waals surface area contributed by atoms with Crippen LogP contribution in [0.3, 0.4) is 0 Å². The third kappa shape index (κ3) is 4.82. The van der Waals surface area contributed by atoms with Crippen molar-refractivity contribution in [3.63, 3.8) is 0 Å². The van der Waals surface area contributed by atoms with Crippen LogP contribution in [-0.4, -0.2) is 70.4 Å². The summed E-state index contributed by atoms with van der Waals surface area (Å²) in [5, 5.41) is 3.06. The van der Waals surface area contributed by atoms with Gasteiger partial charge in [-0.2, -0.15) is 0 Å². The molecule has 0 aromatic carbocycles. The van der Waals surface area contributed by atoms with Crippen LogP contribution in [0, 0.1) is 19.8 Å². The molecule has 2 aromatic heterocycles. The van der Waals surface area contributed by atoms with Crippen molar-refractivity contribution in [2.45, 2.75) is 39.5 Å². The van der Waals surface area contributed by atoms with Gasteiger partial charge in [0.05, 0.1) is 5.56 Å². The van der Waals surface area contributed by atoms with E-state index in [9.17, 15) is 9.59 Å². The molecule has 1 saturated carbocycles. The lowest BCUT2D eigenvalue weighted by Gasteiger charge is -2.36. The number of rotatable bonds is 6. The number of aryl methyl sites for hydroxylation is 1. The predicted molar refractivity (Wildman–Crippen MR) is 120 cm³/mol. The van der Waals surface area contributed by atoms with Crippen molar-refractivity contribution in [1.29, 1.82) is 0 Å². The zero-order valence-electron chi connectivity index (χ0n) is 18.6. The summed E-state index contributed by atoms with van der Waals surface area (Å²) in [5.41, 5.74) is 2.58. The van der Waals surface area contributed by atoms with Gasteiger partial charge in [-0.15, -0.1) is 0 Å². The molecule has 7 nitrogen and oxygen atoms in total. The molecule has 0 spiro atoms. The van der Waals surface area contributed by atoms with E-state index in [0.717, 1.165) is 62.8 Å². The van der Waals surface area contributed by atoms with Crippen molar-refractivity contribution in [2.75, 3.05) is 39.3 Å². The standard InChI is InChI=1S/C24H33N5O2/c1-18-17-21(19(2)29(18)22-9-5-6-10-25-22)23(30)26-11-12-27-13-15-28(16-14-27)24(31)20-7-3-4-8-20/h5-6,9-10,17,20H,3-4,7-8,11-16H2,1-2H3,(H,26,30). The molecule has 1 N–H and O–H groups in total. The number of piperazine rings is 1. The van der Waals surface area contributed by atoms with Gasteiger partial charge >= 0.3 is 0 Å². The Balaban J connectivity index is 1.25. The molecule has 166 valence electrons. The second kappa shape index (κ2) is 9.64. The lowest BCUT2D eigenvalue weighted by molar-refractivity contribution is -0.137. The van der Waals surface area contributed by atoms with Gasteiger partial charge in [-0.05, 0) is 44.9 Å². The summed E-state index contributed by atoms with van der Waals surface area (Å²) in [6.45, 7) is 8.70. The summed E-state index contributed by atoms with van der Waals surface area (Å²) >= 11 is 0. The molecule has 0 atom stereocenters. The highest BCUT2D eigenvalue weighted by atomic mass is 16.2. The first-order chi connectivity index (χ1) is 15.0. The lowest BCUT2D eigenvalue weighted by atomic mass is 10.1. The van der Waals surface area contributed by atoms with Crippen LogP contribution in [-0.2, 0) is 4.79 Å². The van der Waals surface area contributed by atoms with Crippen molar-refractivity contribution in [2.24, 2.45) is 5.92 Å². The number of hydrogen-bond donors (Lipinski definition) is 1. The van der Waals surface area contributed by atoms with Gasteiger partial charge in [-0.1, -0.05) is 18.9 Å². The smallest absolute Gasteiger partial charge is 0.253 e. The van der Waals surface area contributed by atoms with E-state index in [-0.39, 0.29) is 11.8 Å². The summed E-state index contributed by atoms with van der Waals surface area (Å²) in [6, 6.07) is 7.70. The Kier molecular flexibility index (Phi) is 6.70. The van der Waals surface area contributed by atoms with Crippen LogP contribution >= 0.6 is 0 Å². The van der Waals surface area contributed by atoms with Crippen LogP contribution in [0.1, 0.15) is 47.4 Å². The number of pyridine rings is 1. The van der Waals surface area contributed by atoms with Gasteiger partial charge in [0.25, 0.3) is 5.91 Å². The summed E-state index contributed by atoms with van der Waals surface area (Å²) in [4.78, 5) is 34.1. The van der Waals surface area contributed by atoms with Crippen LogP contribution in [0.4, 0.5) is 0 Å². The summed E-state index contributed by atoms with van der Waals surface area (Å²) < 4.78 is 2.01. The molecule has 1 aliphatic carbocycles. The minimum Gasteiger partial charge on any atom is -0.351 e. The van der Waals surface area contributed by atoms with Crippen molar-refractivity contribution < 1.29 is 9.59 Å². The van der Waals surface area contributed by atoms with Crippen LogP contribution in [0.25, 0.3) is 5.82 Å². The molecule has 7 heteroatoms. The average Bonchev–Trinajstić information content (AvgIpc) is 3.42. The Hall–Kier alpha value is -2.67. The summed E-state index contributed by atoms with van der Waals surface area (Å²) in [6.07, 6.45) is 6.27. The molecule has 2 aromatic rings. The molecule has 0 unspecified atom stereocenters. The second-order valence-corrected chi connectivity index (χ2v) is 8.71. The number of carbonyl (C=O) groups excluding carboxylic acids is 2. The van der Waals surface area contributed by atoms with Crippen molar-refractivity contribution in [1.82, 2.24) is 24.7 Å². The molecule has 0 radical (unpaired) electrons. The maximum absolute atomic E-state index is 12.8. The topological polar surface area (TPSA) is 70.5 Å². The Morgan fingerprint density at radius 1 is 1.10 bits per heavy atom. The van der Waals surface area contributed by atoms with E-state index in [1.807, 2.05) is 47.6 Å². The number of amides is 2. The third-order valence-corrected chi connectivity index (χ3v) is 6.66. The molecule has 1 aliphatic heterocycles. The van der Waals surface area contributed by atoms with Gasteiger partial charge in [0, 0.05) is 62.8 Å². The Bertz CT molecular complexity index is 910. The third-order valence-electron chi connectivity index (χ3n) is 6.66. The van der Waals surface area contributed by atoms with Gasteiger partial charge in [-0.25, -0.2) is 4.98 Å². The summed E-state index contributed by atoms with van der Waals surface area (Å²) in [7, 11) is 0. The fraction of sp³-hybridized carbons (Fsp3) is 0.542. The molecule has 31 heavy (non-hydrogen) atoms. The zero-order valence-corrected chi connectivity index (χ0v) is 18.6. The molecular formula is C24H33N5O2. The number of aromatic nitrogens is 2. The van der Waals surface area contributed by atoms with Gasteiger partial charge < -0.3 is 14.8 Å². The highest BCUT2D eigenvalue weighted by Crippen LogP contribution is 2.27. The van der Waals surface area contributed by atoms with Crippen LogP contribution in [0.2, 0.25) is 0 Å². The van der Waals surface area contributed by atoms with E-state index in [1.54, 1.807) is 6.20 Å². The van der Waals surface area contributed by atoms with E-state index in [2.05, 4.69) is 15.2 Å². The van der Waals surface area contributed by atoms with Crippen LogP contribution in [0.15, 0.2) is 30.5 Å². The number of carbonyl (C=O) groups is 2. The van der Waals surface area contributed by atoms with Crippen LogP contribution < -0.4 is 5.32 Å². The zero-order chi connectivity index (χ0) is 21.8. The Morgan fingerprint density at radius 3 is 2.52 bits per heavy atom. The molecule has 2 fully saturated rings. The molecule has 1 saturated heterocycles. The summed E-state index contributed by atoms with van der Waals surface area (Å²) in [5.74, 6) is 1.39. The Morgan fingerprint density at radius 2 is 1.84 bits per heavy atom. The quantitative estimate of drug-likeness (QED) is 0.775. The maximum atomic E-state index is 12.8.